The minimum Gasteiger partial charge on any atom is -0.320 e. The van der Waals surface area contributed by atoms with Crippen LogP contribution in [0.3, 0.4) is 0 Å². The zero-order chi connectivity index (χ0) is 13.8. The predicted molar refractivity (Wildman–Crippen MR) is 73.4 cm³/mol. The van der Waals surface area contributed by atoms with Gasteiger partial charge in [0.05, 0.1) is 5.69 Å². The largest absolute Gasteiger partial charge is 0.320 e. The van der Waals surface area contributed by atoms with E-state index in [0.717, 1.165) is 5.56 Å². The SMILES string of the molecule is CC(=O)c1cccc(C)c1NC(=O)c1ccccn1. The Hall–Kier alpha value is -2.49. The molecule has 0 saturated carbocycles. The Morgan fingerprint density at radius 1 is 1.11 bits per heavy atom. The van der Waals surface area contributed by atoms with Crippen LogP contribution in [0.15, 0.2) is 42.6 Å². The molecule has 0 saturated heterocycles. The molecule has 0 radical (unpaired) electrons. The second-order valence-electron chi connectivity index (χ2n) is 4.22. The molecule has 0 bridgehead atoms. The van der Waals surface area contributed by atoms with Crippen molar-refractivity contribution in [1.82, 2.24) is 4.98 Å². The number of Topliss-reactive ketones (excluding diaryl/α,β-unsaturated/α-hetero) is 1. The lowest BCUT2D eigenvalue weighted by Gasteiger charge is -2.11. The predicted octanol–water partition coefficient (Wildman–Crippen LogP) is 2.84. The van der Waals surface area contributed by atoms with Crippen molar-refractivity contribution in [3.8, 4) is 0 Å². The summed E-state index contributed by atoms with van der Waals surface area (Å²) in [6.07, 6.45) is 1.55. The van der Waals surface area contributed by atoms with E-state index in [-0.39, 0.29) is 11.7 Å². The number of nitrogens with zero attached hydrogens (tertiary/aromatic N) is 1. The topological polar surface area (TPSA) is 59.1 Å². The van der Waals surface area contributed by atoms with Crippen molar-refractivity contribution < 1.29 is 9.59 Å². The number of hydrogen-bond acceptors (Lipinski definition) is 3. The van der Waals surface area contributed by atoms with Crippen molar-refractivity contribution in [3.63, 3.8) is 0 Å². The molecule has 0 fully saturated rings. The third-order valence-corrected chi connectivity index (χ3v) is 2.79. The first kappa shape index (κ1) is 13.0. The first-order valence-electron chi connectivity index (χ1n) is 5.92. The fourth-order valence-electron chi connectivity index (χ4n) is 1.80. The van der Waals surface area contributed by atoms with E-state index in [1.165, 1.54) is 6.92 Å². The van der Waals surface area contributed by atoms with E-state index in [1.54, 1.807) is 36.5 Å². The van der Waals surface area contributed by atoms with Crippen molar-refractivity contribution in [2.24, 2.45) is 0 Å². The summed E-state index contributed by atoms with van der Waals surface area (Å²) in [5, 5.41) is 2.75. The molecule has 1 aromatic heterocycles. The molecule has 4 nitrogen and oxygen atoms in total. The minimum absolute atomic E-state index is 0.0833. The van der Waals surface area contributed by atoms with E-state index in [4.69, 9.17) is 0 Å². The number of benzene rings is 1. The van der Waals surface area contributed by atoms with Gasteiger partial charge in [-0.2, -0.15) is 0 Å². The number of carbonyl (C=O) groups is 2. The lowest BCUT2D eigenvalue weighted by Crippen LogP contribution is -2.16. The monoisotopic (exact) mass is 254 g/mol. The quantitative estimate of drug-likeness (QED) is 0.857. The van der Waals surface area contributed by atoms with Gasteiger partial charge in [0.1, 0.15) is 5.69 Å². The Morgan fingerprint density at radius 3 is 2.53 bits per heavy atom. The molecule has 0 aliphatic carbocycles. The Labute approximate surface area is 111 Å². The van der Waals surface area contributed by atoms with E-state index < -0.39 is 0 Å². The fraction of sp³-hybridized carbons (Fsp3) is 0.133. The molecule has 1 heterocycles. The van der Waals surface area contributed by atoms with Crippen LogP contribution < -0.4 is 5.32 Å². The Bertz CT molecular complexity index is 621. The van der Waals surface area contributed by atoms with Crippen molar-refractivity contribution >= 4 is 17.4 Å². The molecule has 0 atom stereocenters. The van der Waals surface area contributed by atoms with Gasteiger partial charge in [-0.05, 0) is 37.6 Å². The number of ketones is 1. The molecule has 1 amide bonds. The zero-order valence-electron chi connectivity index (χ0n) is 10.8. The molecule has 2 rings (SSSR count). The van der Waals surface area contributed by atoms with Gasteiger partial charge < -0.3 is 5.32 Å². The fourth-order valence-corrected chi connectivity index (χ4v) is 1.80. The number of rotatable bonds is 3. The maximum Gasteiger partial charge on any atom is 0.274 e. The summed E-state index contributed by atoms with van der Waals surface area (Å²) in [6, 6.07) is 10.4. The van der Waals surface area contributed by atoms with Crippen LogP contribution in [0.1, 0.15) is 33.3 Å². The van der Waals surface area contributed by atoms with Crippen LogP contribution in [-0.4, -0.2) is 16.7 Å². The molecule has 0 aliphatic heterocycles. The maximum atomic E-state index is 12.1. The molecule has 1 aromatic carbocycles. The molecular formula is C15H14N2O2. The molecule has 2 aromatic rings. The number of anilines is 1. The van der Waals surface area contributed by atoms with Crippen LogP contribution in [0.2, 0.25) is 0 Å². The number of nitrogens with one attached hydrogen (secondary N) is 1. The lowest BCUT2D eigenvalue weighted by molar-refractivity contribution is 0.101. The van der Waals surface area contributed by atoms with Crippen molar-refractivity contribution in [2.45, 2.75) is 13.8 Å². The number of amides is 1. The Morgan fingerprint density at radius 2 is 1.89 bits per heavy atom. The Kier molecular flexibility index (Phi) is 3.71. The number of para-hydroxylation sites is 1. The van der Waals surface area contributed by atoms with Gasteiger partial charge in [0.2, 0.25) is 0 Å². The highest BCUT2D eigenvalue weighted by Gasteiger charge is 2.14. The highest BCUT2D eigenvalue weighted by Crippen LogP contribution is 2.21. The van der Waals surface area contributed by atoms with Gasteiger partial charge in [0.15, 0.2) is 5.78 Å². The summed E-state index contributed by atoms with van der Waals surface area (Å²) < 4.78 is 0. The molecule has 0 spiro atoms. The molecule has 96 valence electrons. The van der Waals surface area contributed by atoms with Crippen LogP contribution in [0.25, 0.3) is 0 Å². The minimum atomic E-state index is -0.322. The normalized spacial score (nSPS) is 10.0. The van der Waals surface area contributed by atoms with Gasteiger partial charge in [-0.25, -0.2) is 0 Å². The van der Waals surface area contributed by atoms with Crippen LogP contribution in [0.4, 0.5) is 5.69 Å². The standard InChI is InChI=1S/C15H14N2O2/c1-10-6-5-7-12(11(2)18)14(10)17-15(19)13-8-3-4-9-16-13/h3-9H,1-2H3,(H,17,19). The van der Waals surface area contributed by atoms with Crippen LogP contribution >= 0.6 is 0 Å². The summed E-state index contributed by atoms with van der Waals surface area (Å²) >= 11 is 0. The number of aromatic nitrogens is 1. The first-order valence-corrected chi connectivity index (χ1v) is 5.92. The second kappa shape index (κ2) is 5.44. The van der Waals surface area contributed by atoms with Gasteiger partial charge in [-0.15, -0.1) is 0 Å². The smallest absolute Gasteiger partial charge is 0.274 e. The number of hydrogen-bond donors (Lipinski definition) is 1. The highest BCUT2D eigenvalue weighted by atomic mass is 16.2. The molecule has 0 unspecified atom stereocenters. The average molecular weight is 254 g/mol. The maximum absolute atomic E-state index is 12.1. The van der Waals surface area contributed by atoms with E-state index in [9.17, 15) is 9.59 Å². The van der Waals surface area contributed by atoms with E-state index in [1.807, 2.05) is 13.0 Å². The van der Waals surface area contributed by atoms with Gasteiger partial charge in [0, 0.05) is 11.8 Å². The van der Waals surface area contributed by atoms with E-state index >= 15 is 0 Å². The van der Waals surface area contributed by atoms with Gasteiger partial charge >= 0.3 is 0 Å². The molecule has 1 N–H and O–H groups in total. The highest BCUT2D eigenvalue weighted by molar-refractivity contribution is 6.08. The van der Waals surface area contributed by atoms with Crippen molar-refractivity contribution in [2.75, 3.05) is 5.32 Å². The van der Waals surface area contributed by atoms with Gasteiger partial charge in [-0.1, -0.05) is 18.2 Å². The molecular weight excluding hydrogens is 240 g/mol. The molecule has 4 heteroatoms. The van der Waals surface area contributed by atoms with Crippen molar-refractivity contribution in [3.05, 3.63) is 59.4 Å². The summed E-state index contributed by atoms with van der Waals surface area (Å²) in [7, 11) is 0. The number of aryl methyl sites for hydroxylation is 1. The van der Waals surface area contributed by atoms with E-state index in [0.29, 0.717) is 16.9 Å². The van der Waals surface area contributed by atoms with Gasteiger partial charge in [-0.3, -0.25) is 14.6 Å². The van der Waals surface area contributed by atoms with Crippen LogP contribution in [-0.2, 0) is 0 Å². The summed E-state index contributed by atoms with van der Waals surface area (Å²) in [5.74, 6) is -0.405. The first-order chi connectivity index (χ1) is 9.09. The van der Waals surface area contributed by atoms with Crippen LogP contribution in [0, 0.1) is 6.92 Å². The third kappa shape index (κ3) is 2.85. The lowest BCUT2D eigenvalue weighted by atomic mass is 10.0. The van der Waals surface area contributed by atoms with Crippen LogP contribution in [0.5, 0.6) is 0 Å². The van der Waals surface area contributed by atoms with E-state index in [2.05, 4.69) is 10.3 Å². The van der Waals surface area contributed by atoms with Crippen molar-refractivity contribution in [1.29, 1.82) is 0 Å². The molecule has 19 heavy (non-hydrogen) atoms. The number of carbonyl (C=O) groups excluding carboxylic acids is 2. The Balaban J connectivity index is 2.34. The molecule has 0 aliphatic rings. The number of pyridine rings is 1. The average Bonchev–Trinajstić information content (AvgIpc) is 2.41. The second-order valence-corrected chi connectivity index (χ2v) is 4.22. The summed E-state index contributed by atoms with van der Waals surface area (Å²) in [6.45, 7) is 3.33. The summed E-state index contributed by atoms with van der Waals surface area (Å²) in [5.41, 5.74) is 2.21. The van der Waals surface area contributed by atoms with Gasteiger partial charge in [0.25, 0.3) is 5.91 Å². The summed E-state index contributed by atoms with van der Waals surface area (Å²) in [4.78, 5) is 27.6. The third-order valence-electron chi connectivity index (χ3n) is 2.79. The zero-order valence-corrected chi connectivity index (χ0v) is 10.8.